The Kier molecular flexibility index (Phi) is 6.20. The van der Waals surface area contributed by atoms with Gasteiger partial charge in [0, 0.05) is 5.39 Å². The van der Waals surface area contributed by atoms with Crippen LogP contribution in [0.15, 0.2) is 47.4 Å². The molecule has 0 saturated carbocycles. The van der Waals surface area contributed by atoms with Gasteiger partial charge in [-0.05, 0) is 32.2 Å². The van der Waals surface area contributed by atoms with Gasteiger partial charge in [-0.25, -0.2) is 18.0 Å². The lowest BCUT2D eigenvalue weighted by molar-refractivity contribution is -0.146. The third-order valence-electron chi connectivity index (χ3n) is 3.71. The van der Waals surface area contributed by atoms with Gasteiger partial charge in [-0.3, -0.25) is 0 Å². The number of rotatable bonds is 6. The van der Waals surface area contributed by atoms with Crippen LogP contribution in [0.1, 0.15) is 20.8 Å². The molecule has 140 valence electrons. The molecule has 1 amide bonds. The predicted octanol–water partition coefficient (Wildman–Crippen LogP) is 2.94. The molecule has 0 heterocycles. The summed E-state index contributed by atoms with van der Waals surface area (Å²) in [5.74, 6) is -0.829. The molecule has 0 aliphatic heterocycles. The number of fused-ring (bicyclic) bond motifs is 1. The third kappa shape index (κ3) is 3.80. The van der Waals surface area contributed by atoms with Gasteiger partial charge in [0.2, 0.25) is 0 Å². The van der Waals surface area contributed by atoms with Crippen LogP contribution in [0.3, 0.4) is 0 Å². The number of ether oxygens (including phenoxy) is 2. The Bertz CT molecular complexity index is 904. The van der Waals surface area contributed by atoms with Crippen molar-refractivity contribution in [3.05, 3.63) is 42.5 Å². The predicted molar refractivity (Wildman–Crippen MR) is 96.1 cm³/mol. The molecule has 0 N–H and O–H groups in total. The molecule has 0 fully saturated rings. The van der Waals surface area contributed by atoms with Crippen molar-refractivity contribution in [2.24, 2.45) is 0 Å². The van der Waals surface area contributed by atoms with Crippen LogP contribution in [-0.2, 0) is 24.3 Å². The van der Waals surface area contributed by atoms with Gasteiger partial charge < -0.3 is 9.47 Å². The Morgan fingerprint density at radius 3 is 2.27 bits per heavy atom. The first-order valence-electron chi connectivity index (χ1n) is 8.20. The Hall–Kier alpha value is -2.61. The van der Waals surface area contributed by atoms with Crippen LogP contribution in [-0.4, -0.2) is 44.0 Å². The number of benzene rings is 2. The van der Waals surface area contributed by atoms with Gasteiger partial charge in [-0.2, -0.15) is 4.31 Å². The maximum Gasteiger partial charge on any atom is 0.424 e. The monoisotopic (exact) mass is 379 g/mol. The molecule has 0 saturated heterocycles. The zero-order chi connectivity index (χ0) is 19.3. The Labute approximate surface area is 152 Å². The minimum absolute atomic E-state index is 0.0318. The molecule has 1 unspecified atom stereocenters. The molecule has 26 heavy (non-hydrogen) atoms. The fourth-order valence-electron chi connectivity index (χ4n) is 2.54. The number of hydrogen-bond donors (Lipinski definition) is 0. The Balaban J connectivity index is 2.61. The first kappa shape index (κ1) is 19.7. The lowest BCUT2D eigenvalue weighted by atomic mass is 10.1. The fraction of sp³-hybridized carbons (Fsp3) is 0.333. The van der Waals surface area contributed by atoms with Gasteiger partial charge >= 0.3 is 12.1 Å². The molecule has 2 rings (SSSR count). The van der Waals surface area contributed by atoms with Gasteiger partial charge in [0.25, 0.3) is 10.0 Å². The molecular weight excluding hydrogens is 358 g/mol. The second kappa shape index (κ2) is 8.18. The van der Waals surface area contributed by atoms with E-state index in [1.165, 1.54) is 13.0 Å². The van der Waals surface area contributed by atoms with E-state index in [0.29, 0.717) is 15.1 Å². The van der Waals surface area contributed by atoms with Crippen LogP contribution in [0, 0.1) is 0 Å². The summed E-state index contributed by atoms with van der Waals surface area (Å²) < 4.78 is 36.7. The number of sulfonamides is 1. The van der Waals surface area contributed by atoms with E-state index in [4.69, 9.17) is 9.47 Å². The molecular formula is C18H21NO6S. The van der Waals surface area contributed by atoms with E-state index in [9.17, 15) is 18.0 Å². The van der Waals surface area contributed by atoms with Gasteiger partial charge in [0.1, 0.15) is 6.04 Å². The number of carbonyl (C=O) groups is 2. The van der Waals surface area contributed by atoms with E-state index in [-0.39, 0.29) is 18.1 Å². The summed E-state index contributed by atoms with van der Waals surface area (Å²) in [4.78, 5) is 24.4. The molecule has 0 bridgehead atoms. The molecule has 0 aliphatic carbocycles. The molecule has 0 radical (unpaired) electrons. The molecule has 0 aliphatic rings. The first-order chi connectivity index (χ1) is 12.3. The van der Waals surface area contributed by atoms with Gasteiger partial charge in [0.15, 0.2) is 0 Å². The standard InChI is InChI=1S/C18H21NO6S/c1-4-24-17(20)13(3)19(18(21)25-5-2)26(22,23)16-12-8-10-14-9-6-7-11-15(14)16/h6-13H,4-5H2,1-3H3. The zero-order valence-electron chi connectivity index (χ0n) is 14.8. The summed E-state index contributed by atoms with van der Waals surface area (Å²) in [5.41, 5.74) is 0. The number of nitrogens with zero attached hydrogens (tertiary/aromatic N) is 1. The molecule has 1 atom stereocenters. The summed E-state index contributed by atoms with van der Waals surface area (Å²) in [6.45, 7) is 4.47. The average Bonchev–Trinajstić information content (AvgIpc) is 2.61. The molecule has 2 aromatic rings. The zero-order valence-corrected chi connectivity index (χ0v) is 15.7. The summed E-state index contributed by atoms with van der Waals surface area (Å²) in [6, 6.07) is 10.2. The highest BCUT2D eigenvalue weighted by Gasteiger charge is 2.39. The highest BCUT2D eigenvalue weighted by atomic mass is 32.2. The summed E-state index contributed by atoms with van der Waals surface area (Å²) in [7, 11) is -4.35. The van der Waals surface area contributed by atoms with Crippen molar-refractivity contribution in [1.82, 2.24) is 4.31 Å². The first-order valence-corrected chi connectivity index (χ1v) is 9.64. The van der Waals surface area contributed by atoms with Crippen molar-refractivity contribution < 1.29 is 27.5 Å². The maximum atomic E-state index is 13.2. The quantitative estimate of drug-likeness (QED) is 0.717. The lowest BCUT2D eigenvalue weighted by Crippen LogP contribution is -2.47. The van der Waals surface area contributed by atoms with Crippen LogP contribution in [0.2, 0.25) is 0 Å². The highest BCUT2D eigenvalue weighted by molar-refractivity contribution is 7.90. The van der Waals surface area contributed by atoms with E-state index in [0.717, 1.165) is 0 Å². The molecule has 7 nitrogen and oxygen atoms in total. The average molecular weight is 379 g/mol. The number of amides is 1. The summed E-state index contributed by atoms with van der Waals surface area (Å²) in [6.07, 6.45) is -1.12. The van der Waals surface area contributed by atoms with Crippen LogP contribution >= 0.6 is 0 Å². The molecule has 8 heteroatoms. The third-order valence-corrected chi connectivity index (χ3v) is 5.61. The van der Waals surface area contributed by atoms with E-state index in [2.05, 4.69) is 0 Å². The van der Waals surface area contributed by atoms with Crippen molar-refractivity contribution in [3.63, 3.8) is 0 Å². The summed E-state index contributed by atoms with van der Waals surface area (Å²) in [5, 5.41) is 1.14. The fourth-order valence-corrected chi connectivity index (χ4v) is 4.21. The maximum absolute atomic E-state index is 13.2. The van der Waals surface area contributed by atoms with Crippen molar-refractivity contribution in [2.45, 2.75) is 31.7 Å². The number of hydrogen-bond acceptors (Lipinski definition) is 6. The minimum Gasteiger partial charge on any atom is -0.464 e. The molecule has 0 spiro atoms. The van der Waals surface area contributed by atoms with Crippen molar-refractivity contribution in [2.75, 3.05) is 13.2 Å². The second-order valence-corrected chi connectivity index (χ2v) is 7.19. The van der Waals surface area contributed by atoms with E-state index in [1.807, 2.05) is 0 Å². The van der Waals surface area contributed by atoms with Crippen molar-refractivity contribution in [3.8, 4) is 0 Å². The SMILES string of the molecule is CCOC(=O)C(C)N(C(=O)OCC)S(=O)(=O)c1cccc2ccccc12. The highest BCUT2D eigenvalue weighted by Crippen LogP contribution is 2.27. The van der Waals surface area contributed by atoms with E-state index >= 15 is 0 Å². The Morgan fingerprint density at radius 2 is 1.62 bits per heavy atom. The van der Waals surface area contributed by atoms with Crippen LogP contribution < -0.4 is 0 Å². The lowest BCUT2D eigenvalue weighted by Gasteiger charge is -2.26. The number of carbonyl (C=O) groups excluding carboxylic acids is 2. The van der Waals surface area contributed by atoms with Gasteiger partial charge in [-0.1, -0.05) is 36.4 Å². The largest absolute Gasteiger partial charge is 0.464 e. The van der Waals surface area contributed by atoms with Crippen LogP contribution in [0.4, 0.5) is 4.79 Å². The van der Waals surface area contributed by atoms with E-state index in [1.54, 1.807) is 50.2 Å². The second-order valence-electron chi connectivity index (χ2n) is 5.41. The van der Waals surface area contributed by atoms with Crippen LogP contribution in [0.5, 0.6) is 0 Å². The topological polar surface area (TPSA) is 90.0 Å². The van der Waals surface area contributed by atoms with E-state index < -0.39 is 28.1 Å². The molecule has 0 aromatic heterocycles. The van der Waals surface area contributed by atoms with Gasteiger partial charge in [0.05, 0.1) is 18.1 Å². The minimum atomic E-state index is -4.35. The molecule has 2 aromatic carbocycles. The van der Waals surface area contributed by atoms with Crippen LogP contribution in [0.25, 0.3) is 10.8 Å². The Morgan fingerprint density at radius 1 is 1.00 bits per heavy atom. The van der Waals surface area contributed by atoms with Gasteiger partial charge in [-0.15, -0.1) is 0 Å². The number of esters is 1. The van der Waals surface area contributed by atoms with Crippen molar-refractivity contribution in [1.29, 1.82) is 0 Å². The normalized spacial score (nSPS) is 12.4. The summed E-state index contributed by atoms with van der Waals surface area (Å²) >= 11 is 0. The van der Waals surface area contributed by atoms with Crippen molar-refractivity contribution >= 4 is 32.9 Å². The smallest absolute Gasteiger partial charge is 0.424 e.